The molecule has 0 spiro atoms. The Balaban J connectivity index is 2.56. The number of halogens is 1. The summed E-state index contributed by atoms with van der Waals surface area (Å²) in [6, 6.07) is 0. The quantitative estimate of drug-likeness (QED) is 0.696. The lowest BCUT2D eigenvalue weighted by atomic mass is 10.2. The molecule has 1 aromatic rings. The van der Waals surface area contributed by atoms with Crippen LogP contribution in [0.4, 0.5) is 0 Å². The smallest absolute Gasteiger partial charge is 0.101 e. The van der Waals surface area contributed by atoms with E-state index in [2.05, 4.69) is 36.2 Å². The monoisotopic (exact) mass is 230 g/mol. The van der Waals surface area contributed by atoms with E-state index < -0.39 is 0 Å². The predicted octanol–water partition coefficient (Wildman–Crippen LogP) is 1.53. The van der Waals surface area contributed by atoms with Crippen molar-refractivity contribution in [3.8, 4) is 0 Å². The zero-order valence-corrected chi connectivity index (χ0v) is 10.5. The fourth-order valence-electron chi connectivity index (χ4n) is 1.58. The summed E-state index contributed by atoms with van der Waals surface area (Å²) < 4.78 is 1.97. The number of alkyl halides is 1. The number of nitrogens with zero attached hydrogens (tertiary/aromatic N) is 4. The van der Waals surface area contributed by atoms with Crippen LogP contribution in [-0.4, -0.2) is 40.5 Å². The normalized spacial score (nSPS) is 11.3. The molecule has 0 unspecified atom stereocenters. The second kappa shape index (κ2) is 6.08. The van der Waals surface area contributed by atoms with E-state index in [1.165, 1.54) is 5.69 Å². The third-order valence-corrected chi connectivity index (χ3v) is 2.61. The van der Waals surface area contributed by atoms with E-state index in [-0.39, 0.29) is 0 Å². The molecule has 0 saturated heterocycles. The van der Waals surface area contributed by atoms with Gasteiger partial charge in [-0.15, -0.1) is 16.7 Å². The van der Waals surface area contributed by atoms with Gasteiger partial charge in [0, 0.05) is 6.54 Å². The molecule has 15 heavy (non-hydrogen) atoms. The summed E-state index contributed by atoms with van der Waals surface area (Å²) in [5, 5.41) is 8.19. The zero-order valence-electron chi connectivity index (χ0n) is 9.70. The molecule has 0 radical (unpaired) electrons. The summed E-state index contributed by atoms with van der Waals surface area (Å²) in [5.74, 6) is 0.455. The molecular formula is C10H19ClN4. The Morgan fingerprint density at radius 1 is 1.40 bits per heavy atom. The predicted molar refractivity (Wildman–Crippen MR) is 62.1 cm³/mol. The molecule has 1 heterocycles. The van der Waals surface area contributed by atoms with E-state index in [9.17, 15) is 0 Å². The number of aryl methyl sites for hydroxylation is 1. The maximum Gasteiger partial charge on any atom is 0.101 e. The Morgan fingerprint density at radius 2 is 2.13 bits per heavy atom. The van der Waals surface area contributed by atoms with Gasteiger partial charge in [0.25, 0.3) is 0 Å². The number of rotatable bonds is 6. The molecule has 0 N–H and O–H groups in total. The van der Waals surface area contributed by atoms with Crippen LogP contribution in [0.5, 0.6) is 0 Å². The lowest BCUT2D eigenvalue weighted by Gasteiger charge is -2.10. The van der Waals surface area contributed by atoms with Crippen molar-refractivity contribution >= 4 is 11.6 Å². The lowest BCUT2D eigenvalue weighted by molar-refractivity contribution is 0.377. The van der Waals surface area contributed by atoms with Crippen LogP contribution in [0.15, 0.2) is 0 Å². The summed E-state index contributed by atoms with van der Waals surface area (Å²) in [5.41, 5.74) is 2.09. The van der Waals surface area contributed by atoms with Crippen molar-refractivity contribution in [2.45, 2.75) is 32.2 Å². The molecule has 0 bridgehead atoms. The molecule has 0 fully saturated rings. The van der Waals surface area contributed by atoms with Crippen LogP contribution >= 0.6 is 11.6 Å². The number of aromatic nitrogens is 3. The summed E-state index contributed by atoms with van der Waals surface area (Å²) in [4.78, 5) is 2.17. The first-order valence-corrected chi connectivity index (χ1v) is 5.84. The standard InChI is InChI=1S/C10H19ClN4/c1-4-10-9(8-11)12-13-15(10)7-5-6-14(2)3/h4-8H2,1-3H3. The molecule has 0 aliphatic heterocycles. The van der Waals surface area contributed by atoms with E-state index in [0.717, 1.165) is 31.6 Å². The average Bonchev–Trinajstić information content (AvgIpc) is 2.59. The highest BCUT2D eigenvalue weighted by atomic mass is 35.5. The summed E-state index contributed by atoms with van der Waals surface area (Å²) >= 11 is 5.78. The average molecular weight is 231 g/mol. The highest BCUT2D eigenvalue weighted by Gasteiger charge is 2.09. The fourth-order valence-corrected chi connectivity index (χ4v) is 1.78. The molecule has 86 valence electrons. The van der Waals surface area contributed by atoms with Crippen LogP contribution in [0.25, 0.3) is 0 Å². The van der Waals surface area contributed by atoms with E-state index in [1.54, 1.807) is 0 Å². The van der Waals surface area contributed by atoms with Gasteiger partial charge < -0.3 is 4.90 Å². The topological polar surface area (TPSA) is 34.0 Å². The van der Waals surface area contributed by atoms with Gasteiger partial charge in [-0.25, -0.2) is 4.68 Å². The van der Waals surface area contributed by atoms with E-state index >= 15 is 0 Å². The van der Waals surface area contributed by atoms with Gasteiger partial charge in [-0.3, -0.25) is 0 Å². The summed E-state index contributed by atoms with van der Waals surface area (Å²) in [6.07, 6.45) is 2.03. The van der Waals surface area contributed by atoms with Gasteiger partial charge in [-0.2, -0.15) is 0 Å². The van der Waals surface area contributed by atoms with E-state index in [1.807, 2.05) is 4.68 Å². The second-order valence-corrected chi connectivity index (χ2v) is 4.12. The molecule has 4 nitrogen and oxygen atoms in total. The lowest BCUT2D eigenvalue weighted by Crippen LogP contribution is -2.16. The Hall–Kier alpha value is -0.610. The van der Waals surface area contributed by atoms with Gasteiger partial charge in [0.05, 0.1) is 11.6 Å². The largest absolute Gasteiger partial charge is 0.309 e. The molecule has 0 aromatic carbocycles. The molecular weight excluding hydrogens is 212 g/mol. The van der Waals surface area contributed by atoms with Crippen molar-refractivity contribution in [3.05, 3.63) is 11.4 Å². The maximum atomic E-state index is 5.78. The summed E-state index contributed by atoms with van der Waals surface area (Å²) in [7, 11) is 4.15. The Bertz CT molecular complexity index is 296. The van der Waals surface area contributed by atoms with Crippen LogP contribution in [0.3, 0.4) is 0 Å². The van der Waals surface area contributed by atoms with Crippen LogP contribution < -0.4 is 0 Å². The first kappa shape index (κ1) is 12.5. The Kier molecular flexibility index (Phi) is 5.05. The Labute approximate surface area is 96.2 Å². The van der Waals surface area contributed by atoms with Crippen LogP contribution in [0.2, 0.25) is 0 Å². The van der Waals surface area contributed by atoms with Crippen molar-refractivity contribution in [3.63, 3.8) is 0 Å². The fraction of sp³-hybridized carbons (Fsp3) is 0.800. The molecule has 0 aliphatic rings. The number of hydrogen-bond donors (Lipinski definition) is 0. The van der Waals surface area contributed by atoms with Crippen molar-refractivity contribution in [1.29, 1.82) is 0 Å². The van der Waals surface area contributed by atoms with Gasteiger partial charge in [0.1, 0.15) is 5.69 Å². The Morgan fingerprint density at radius 3 is 2.67 bits per heavy atom. The maximum absolute atomic E-state index is 5.78. The highest BCUT2D eigenvalue weighted by molar-refractivity contribution is 6.16. The van der Waals surface area contributed by atoms with Crippen molar-refractivity contribution in [1.82, 2.24) is 19.9 Å². The summed E-state index contributed by atoms with van der Waals surface area (Å²) in [6.45, 7) is 4.10. The first-order chi connectivity index (χ1) is 7.19. The second-order valence-electron chi connectivity index (χ2n) is 3.85. The molecule has 0 aliphatic carbocycles. The molecule has 1 rings (SSSR count). The molecule has 0 saturated carbocycles. The van der Waals surface area contributed by atoms with E-state index in [4.69, 9.17) is 11.6 Å². The van der Waals surface area contributed by atoms with Crippen molar-refractivity contribution < 1.29 is 0 Å². The van der Waals surface area contributed by atoms with Gasteiger partial charge in [0.15, 0.2) is 0 Å². The number of hydrogen-bond acceptors (Lipinski definition) is 3. The minimum absolute atomic E-state index is 0.455. The zero-order chi connectivity index (χ0) is 11.3. The van der Waals surface area contributed by atoms with Crippen LogP contribution in [0, 0.1) is 0 Å². The van der Waals surface area contributed by atoms with Gasteiger partial charge in [-0.05, 0) is 33.5 Å². The minimum atomic E-state index is 0.455. The third kappa shape index (κ3) is 3.47. The van der Waals surface area contributed by atoms with Crippen molar-refractivity contribution in [2.75, 3.05) is 20.6 Å². The molecule has 1 aromatic heterocycles. The first-order valence-electron chi connectivity index (χ1n) is 5.31. The van der Waals surface area contributed by atoms with Gasteiger partial charge in [0.2, 0.25) is 0 Å². The highest BCUT2D eigenvalue weighted by Crippen LogP contribution is 2.09. The van der Waals surface area contributed by atoms with Crippen LogP contribution in [-0.2, 0) is 18.8 Å². The minimum Gasteiger partial charge on any atom is -0.309 e. The SMILES string of the molecule is CCc1c(CCl)nnn1CCCN(C)C. The van der Waals surface area contributed by atoms with Gasteiger partial charge in [-0.1, -0.05) is 12.1 Å². The van der Waals surface area contributed by atoms with Crippen molar-refractivity contribution in [2.24, 2.45) is 0 Å². The van der Waals surface area contributed by atoms with E-state index in [0.29, 0.717) is 5.88 Å². The van der Waals surface area contributed by atoms with Crippen LogP contribution in [0.1, 0.15) is 24.7 Å². The molecule has 5 heteroatoms. The molecule has 0 atom stereocenters. The van der Waals surface area contributed by atoms with Gasteiger partial charge >= 0.3 is 0 Å². The third-order valence-electron chi connectivity index (χ3n) is 2.35. The molecule has 0 amide bonds.